The number of unbranched alkanes of at least 4 members (excludes halogenated alkanes) is 3. The molecule has 2 aliphatic rings. The summed E-state index contributed by atoms with van der Waals surface area (Å²) in [5, 5.41) is 41.2. The van der Waals surface area contributed by atoms with Crippen LogP contribution in [0.15, 0.2) is 41.1 Å². The second kappa shape index (κ2) is 13.1. The molecule has 2 aliphatic heterocycles. The zero-order chi connectivity index (χ0) is 26.2. The number of ether oxygens (including phenoxy) is 1. The molecule has 0 spiro atoms. The first kappa shape index (κ1) is 28.0. The molecular formula is C23H30ClN3O9. The molecule has 36 heavy (non-hydrogen) atoms. The van der Waals surface area contributed by atoms with Gasteiger partial charge in [-0.25, -0.2) is 10.3 Å². The summed E-state index contributed by atoms with van der Waals surface area (Å²) in [6.45, 7) is -0.416. The van der Waals surface area contributed by atoms with Crippen molar-refractivity contribution in [3.8, 4) is 0 Å². The zero-order valence-electron chi connectivity index (χ0n) is 19.4. The maximum Gasteiger partial charge on any atom is 0.278 e. The van der Waals surface area contributed by atoms with E-state index in [1.165, 1.54) is 0 Å². The molecular weight excluding hydrogens is 498 g/mol. The number of aliphatic hydroxyl groups is 4. The van der Waals surface area contributed by atoms with Gasteiger partial charge in [-0.3, -0.25) is 19.3 Å². The van der Waals surface area contributed by atoms with Crippen molar-refractivity contribution in [1.82, 2.24) is 10.4 Å². The average Bonchev–Trinajstić information content (AvgIpc) is 3.07. The number of nitrogens with one attached hydrogen (secondary N) is 2. The van der Waals surface area contributed by atoms with Crippen LogP contribution in [0.3, 0.4) is 0 Å². The number of para-hydroxylation sites is 1. The number of benzene rings is 1. The van der Waals surface area contributed by atoms with Crippen LogP contribution in [0.2, 0.25) is 0 Å². The molecule has 5 atom stereocenters. The molecule has 0 unspecified atom stereocenters. The minimum absolute atomic E-state index is 0.0453. The van der Waals surface area contributed by atoms with Gasteiger partial charge >= 0.3 is 0 Å². The first-order chi connectivity index (χ1) is 17.2. The highest BCUT2D eigenvalue weighted by Crippen LogP contribution is 2.26. The van der Waals surface area contributed by atoms with E-state index in [1.54, 1.807) is 24.3 Å². The van der Waals surface area contributed by atoms with Crippen molar-refractivity contribution in [2.75, 3.05) is 18.5 Å². The summed E-state index contributed by atoms with van der Waals surface area (Å²) in [5.74, 6) is -1.53. The van der Waals surface area contributed by atoms with Crippen LogP contribution >= 0.6 is 11.6 Å². The fourth-order valence-corrected chi connectivity index (χ4v) is 4.00. The Morgan fingerprint density at radius 1 is 1.00 bits per heavy atom. The number of halogens is 1. The molecule has 1 aromatic rings. The summed E-state index contributed by atoms with van der Waals surface area (Å²) in [6.07, 6.45) is -4.95. The molecule has 0 aliphatic carbocycles. The average molecular weight is 528 g/mol. The third kappa shape index (κ3) is 6.79. The van der Waals surface area contributed by atoms with Crippen molar-refractivity contribution < 1.29 is 44.4 Å². The molecule has 0 aromatic heterocycles. The van der Waals surface area contributed by atoms with Gasteiger partial charge in [0.2, 0.25) is 12.2 Å². The highest BCUT2D eigenvalue weighted by Gasteiger charge is 2.44. The van der Waals surface area contributed by atoms with E-state index in [4.69, 9.17) is 26.3 Å². The van der Waals surface area contributed by atoms with E-state index in [2.05, 4.69) is 10.8 Å². The number of hydroxylamine groups is 1. The summed E-state index contributed by atoms with van der Waals surface area (Å²) in [6, 6.07) is 8.91. The van der Waals surface area contributed by atoms with Gasteiger partial charge in [-0.2, -0.15) is 0 Å². The van der Waals surface area contributed by atoms with E-state index in [9.17, 15) is 29.7 Å². The number of anilines is 1. The second-order valence-electron chi connectivity index (χ2n) is 8.45. The summed E-state index contributed by atoms with van der Waals surface area (Å²) in [5.41, 5.74) is 2.80. The van der Waals surface area contributed by atoms with Gasteiger partial charge in [-0.15, -0.1) is 0 Å². The summed E-state index contributed by atoms with van der Waals surface area (Å²) in [7, 11) is 0. The highest BCUT2D eigenvalue weighted by molar-refractivity contribution is 6.48. The quantitative estimate of drug-likeness (QED) is 0.120. The van der Waals surface area contributed by atoms with E-state index in [-0.39, 0.29) is 23.7 Å². The molecule has 0 saturated carbocycles. The molecule has 13 heteroatoms. The first-order valence-electron chi connectivity index (χ1n) is 11.6. The van der Waals surface area contributed by atoms with Crippen molar-refractivity contribution in [3.63, 3.8) is 0 Å². The Hall–Kier alpha value is -2.58. The normalized spacial score (nSPS) is 26.5. The van der Waals surface area contributed by atoms with Gasteiger partial charge in [-0.05, 0) is 25.0 Å². The van der Waals surface area contributed by atoms with Crippen molar-refractivity contribution in [2.45, 2.75) is 62.8 Å². The lowest BCUT2D eigenvalue weighted by Crippen LogP contribution is -2.60. The molecule has 1 saturated heterocycles. The van der Waals surface area contributed by atoms with Crippen molar-refractivity contribution in [2.24, 2.45) is 0 Å². The van der Waals surface area contributed by atoms with Crippen molar-refractivity contribution in [3.05, 3.63) is 41.1 Å². The number of carbonyl (C=O) groups excluding carboxylic acids is 3. The Morgan fingerprint density at radius 2 is 1.69 bits per heavy atom. The smallest absolute Gasteiger partial charge is 0.278 e. The number of hydrogen-bond acceptors (Lipinski definition) is 10. The monoisotopic (exact) mass is 527 g/mol. The molecule has 6 N–H and O–H groups in total. The Bertz CT molecular complexity index is 959. The number of nitrogens with zero attached hydrogens (tertiary/aromatic N) is 1. The van der Waals surface area contributed by atoms with Crippen LogP contribution in [0.25, 0.3) is 0 Å². The van der Waals surface area contributed by atoms with E-state index in [1.807, 2.05) is 6.07 Å². The molecule has 2 heterocycles. The number of hydrogen-bond donors (Lipinski definition) is 6. The van der Waals surface area contributed by atoms with Crippen LogP contribution in [-0.2, 0) is 24.0 Å². The van der Waals surface area contributed by atoms with Gasteiger partial charge < -0.3 is 30.5 Å². The van der Waals surface area contributed by atoms with Crippen molar-refractivity contribution in [1.29, 1.82) is 0 Å². The molecule has 12 nitrogen and oxygen atoms in total. The van der Waals surface area contributed by atoms with E-state index in [0.29, 0.717) is 31.4 Å². The van der Waals surface area contributed by atoms with Gasteiger partial charge in [0.15, 0.2) is 0 Å². The molecule has 3 amide bonds. The molecule has 3 rings (SSSR count). The number of imide groups is 1. The van der Waals surface area contributed by atoms with Gasteiger partial charge in [0.05, 0.1) is 6.61 Å². The maximum atomic E-state index is 12.6. The molecule has 0 radical (unpaired) electrons. The lowest BCUT2D eigenvalue weighted by Gasteiger charge is -2.39. The van der Waals surface area contributed by atoms with E-state index < -0.39 is 55.0 Å². The van der Waals surface area contributed by atoms with E-state index in [0.717, 1.165) is 4.90 Å². The van der Waals surface area contributed by atoms with E-state index >= 15 is 0 Å². The number of aliphatic hydroxyl groups excluding tert-OH is 4. The molecule has 198 valence electrons. The molecule has 0 bridgehead atoms. The Kier molecular flexibility index (Phi) is 10.2. The minimum atomic E-state index is -1.62. The third-order valence-electron chi connectivity index (χ3n) is 5.83. The first-order valence-corrected chi connectivity index (χ1v) is 12.0. The van der Waals surface area contributed by atoms with Crippen LogP contribution in [0, 0.1) is 0 Å². The maximum absolute atomic E-state index is 12.6. The Balaban J connectivity index is 1.32. The molecule has 1 fully saturated rings. The van der Waals surface area contributed by atoms with Crippen LogP contribution in [0.5, 0.6) is 0 Å². The summed E-state index contributed by atoms with van der Waals surface area (Å²) < 4.78 is 5.13. The summed E-state index contributed by atoms with van der Waals surface area (Å²) >= 11 is 6.08. The van der Waals surface area contributed by atoms with Crippen molar-refractivity contribution >= 4 is 35.0 Å². The topological polar surface area (TPSA) is 178 Å². The third-order valence-corrected chi connectivity index (χ3v) is 6.18. The summed E-state index contributed by atoms with van der Waals surface area (Å²) in [4.78, 5) is 43.0. The van der Waals surface area contributed by atoms with Crippen LogP contribution < -0.4 is 10.8 Å². The largest absolute Gasteiger partial charge is 0.394 e. The number of rotatable bonds is 12. The van der Waals surface area contributed by atoms with Gasteiger partial charge in [-0.1, -0.05) is 42.6 Å². The molecule has 1 aromatic carbocycles. The lowest BCUT2D eigenvalue weighted by molar-refractivity contribution is -0.313. The fraction of sp³-hybridized carbons (Fsp3) is 0.522. The van der Waals surface area contributed by atoms with Gasteiger partial charge in [0.1, 0.15) is 35.1 Å². The lowest BCUT2D eigenvalue weighted by atomic mass is 9.99. The SMILES string of the molecule is O=C(CCCCCCN1C(=O)C(Cl)=C(Nc2ccccc2)C1=O)NO[C@@H]1O[C@H](CO)[C@H](O)[C@H](O)[C@H]1O. The van der Waals surface area contributed by atoms with Crippen LogP contribution in [0.1, 0.15) is 32.1 Å². The van der Waals surface area contributed by atoms with Crippen LogP contribution in [-0.4, -0.2) is 86.9 Å². The van der Waals surface area contributed by atoms with Crippen LogP contribution in [0.4, 0.5) is 5.69 Å². The number of amides is 3. The van der Waals surface area contributed by atoms with Gasteiger partial charge in [0, 0.05) is 18.7 Å². The second-order valence-corrected chi connectivity index (χ2v) is 8.82. The standard InChI is InChI=1S/C23H30ClN3O9/c24-16-17(25-13-8-4-3-5-9-13)22(34)27(21(16)33)11-7-2-1-6-10-15(29)26-36-23-20(32)19(31)18(30)14(12-28)35-23/h3-5,8-9,14,18-20,23,25,28,30-32H,1-2,6-7,10-12H2,(H,26,29)/t14-,18+,19+,20-,23+/m1/s1. The fourth-order valence-electron chi connectivity index (χ4n) is 3.77. The minimum Gasteiger partial charge on any atom is -0.394 e. The Labute approximate surface area is 212 Å². The number of carbonyl (C=O) groups is 3. The Morgan fingerprint density at radius 3 is 2.39 bits per heavy atom. The predicted molar refractivity (Wildman–Crippen MR) is 126 cm³/mol. The van der Waals surface area contributed by atoms with Gasteiger partial charge in [0.25, 0.3) is 11.8 Å². The predicted octanol–water partition coefficient (Wildman–Crippen LogP) is -0.284. The highest BCUT2D eigenvalue weighted by atomic mass is 35.5. The zero-order valence-corrected chi connectivity index (χ0v) is 20.1.